The lowest BCUT2D eigenvalue weighted by Gasteiger charge is -2.05. The lowest BCUT2D eigenvalue weighted by molar-refractivity contribution is 0.305. The van der Waals surface area contributed by atoms with E-state index in [9.17, 15) is 0 Å². The van der Waals surface area contributed by atoms with Crippen molar-refractivity contribution in [2.24, 2.45) is 0 Å². The summed E-state index contributed by atoms with van der Waals surface area (Å²) in [6.45, 7) is 2.72. The van der Waals surface area contributed by atoms with E-state index in [4.69, 9.17) is 16.3 Å². The van der Waals surface area contributed by atoms with E-state index in [-0.39, 0.29) is 0 Å². The van der Waals surface area contributed by atoms with Crippen LogP contribution in [0.25, 0.3) is 0 Å². The highest BCUT2D eigenvalue weighted by atomic mass is 35.5. The Bertz CT molecular complexity index is 495. The molecule has 0 saturated heterocycles. The van der Waals surface area contributed by atoms with Crippen molar-refractivity contribution in [3.8, 4) is 5.75 Å². The number of unbranched alkanes of at least 4 members (excludes halogenated alkanes) is 1. The Morgan fingerprint density at radius 2 is 2.05 bits per heavy atom. The molecule has 1 heterocycles. The number of hydrogen-bond acceptors (Lipinski definition) is 3. The van der Waals surface area contributed by atoms with Crippen LogP contribution in [0.1, 0.15) is 36.0 Å². The molecular formula is C15H18ClNOS. The number of thiazole rings is 1. The van der Waals surface area contributed by atoms with E-state index < -0.39 is 0 Å². The van der Waals surface area contributed by atoms with Crippen LogP contribution in [0.4, 0.5) is 0 Å². The van der Waals surface area contributed by atoms with Crippen molar-refractivity contribution in [1.82, 2.24) is 4.98 Å². The van der Waals surface area contributed by atoms with Crippen molar-refractivity contribution in [2.75, 3.05) is 0 Å². The van der Waals surface area contributed by atoms with E-state index in [1.54, 1.807) is 11.3 Å². The predicted molar refractivity (Wildman–Crippen MR) is 81.1 cm³/mol. The van der Waals surface area contributed by atoms with Gasteiger partial charge in [0.2, 0.25) is 0 Å². The molecule has 2 aromatic rings. The second-order valence-electron chi connectivity index (χ2n) is 4.40. The Kier molecular flexibility index (Phi) is 5.67. The Hall–Kier alpha value is -1.06. The van der Waals surface area contributed by atoms with Gasteiger partial charge in [0.25, 0.3) is 0 Å². The van der Waals surface area contributed by atoms with Crippen LogP contribution in [-0.4, -0.2) is 4.98 Å². The molecule has 2 nitrogen and oxygen atoms in total. The Morgan fingerprint density at radius 1 is 1.26 bits per heavy atom. The normalized spacial score (nSPS) is 10.6. The van der Waals surface area contributed by atoms with Gasteiger partial charge in [0.05, 0.1) is 11.6 Å². The van der Waals surface area contributed by atoms with Crippen molar-refractivity contribution in [2.45, 2.75) is 38.7 Å². The maximum Gasteiger partial charge on any atom is 0.140 e. The van der Waals surface area contributed by atoms with Gasteiger partial charge in [-0.25, -0.2) is 4.98 Å². The summed E-state index contributed by atoms with van der Waals surface area (Å²) >= 11 is 7.31. The van der Waals surface area contributed by atoms with Crippen LogP contribution in [0.2, 0.25) is 0 Å². The fourth-order valence-corrected chi connectivity index (χ4v) is 2.69. The third-order valence-electron chi connectivity index (χ3n) is 2.84. The van der Waals surface area contributed by atoms with Crippen molar-refractivity contribution >= 4 is 22.9 Å². The molecule has 0 saturated carbocycles. The summed E-state index contributed by atoms with van der Waals surface area (Å²) in [5.74, 6) is 1.35. The minimum Gasteiger partial charge on any atom is -0.486 e. The number of rotatable bonds is 7. The molecule has 0 aliphatic carbocycles. The third-order valence-corrected chi connectivity index (χ3v) is 3.99. The number of nitrogens with zero attached hydrogens (tertiary/aromatic N) is 1. The number of halogens is 1. The molecule has 0 aliphatic rings. The third kappa shape index (κ3) is 4.51. The van der Waals surface area contributed by atoms with Gasteiger partial charge in [-0.05, 0) is 30.5 Å². The minimum absolute atomic E-state index is 0.461. The van der Waals surface area contributed by atoms with Gasteiger partial charge in [-0.1, -0.05) is 25.5 Å². The standard InChI is InChI=1S/C15H18ClNOS/c1-2-3-4-12-5-7-14(8-6-12)18-10-15-17-13(9-16)11-19-15/h5-8,11H,2-4,9-10H2,1H3. The van der Waals surface area contributed by atoms with Crippen LogP contribution in [0, 0.1) is 0 Å². The second kappa shape index (κ2) is 7.51. The molecule has 4 heteroatoms. The van der Waals surface area contributed by atoms with Crippen LogP contribution in [-0.2, 0) is 18.9 Å². The largest absolute Gasteiger partial charge is 0.486 e. The van der Waals surface area contributed by atoms with Gasteiger partial charge in [-0.2, -0.15) is 0 Å². The Balaban J connectivity index is 1.85. The zero-order valence-corrected chi connectivity index (χ0v) is 12.6. The first kappa shape index (κ1) is 14.4. The Morgan fingerprint density at radius 3 is 2.68 bits per heavy atom. The molecule has 0 fully saturated rings. The van der Waals surface area contributed by atoms with Gasteiger partial charge in [-0.15, -0.1) is 22.9 Å². The van der Waals surface area contributed by atoms with Gasteiger partial charge < -0.3 is 4.74 Å². The zero-order chi connectivity index (χ0) is 13.5. The van der Waals surface area contributed by atoms with Gasteiger partial charge in [-0.3, -0.25) is 0 Å². The molecule has 0 aliphatic heterocycles. The summed E-state index contributed by atoms with van der Waals surface area (Å²) in [7, 11) is 0. The van der Waals surface area contributed by atoms with E-state index in [1.165, 1.54) is 18.4 Å². The number of aryl methyl sites for hydroxylation is 1. The van der Waals surface area contributed by atoms with E-state index in [0.717, 1.165) is 22.9 Å². The van der Waals surface area contributed by atoms with Crippen LogP contribution in [0.5, 0.6) is 5.75 Å². The average molecular weight is 296 g/mol. The van der Waals surface area contributed by atoms with E-state index in [1.807, 2.05) is 17.5 Å². The van der Waals surface area contributed by atoms with Crippen molar-refractivity contribution in [1.29, 1.82) is 0 Å². The molecule has 102 valence electrons. The van der Waals surface area contributed by atoms with Crippen LogP contribution in [0.3, 0.4) is 0 Å². The monoisotopic (exact) mass is 295 g/mol. The molecule has 0 bridgehead atoms. The van der Waals surface area contributed by atoms with Crippen molar-refractivity contribution < 1.29 is 4.74 Å². The molecule has 19 heavy (non-hydrogen) atoms. The maximum atomic E-state index is 5.72. The summed E-state index contributed by atoms with van der Waals surface area (Å²) in [6.07, 6.45) is 3.61. The lowest BCUT2D eigenvalue weighted by Crippen LogP contribution is -1.95. The second-order valence-corrected chi connectivity index (χ2v) is 5.61. The van der Waals surface area contributed by atoms with E-state index >= 15 is 0 Å². The molecule has 0 unspecified atom stereocenters. The number of aromatic nitrogens is 1. The molecule has 1 aromatic heterocycles. The number of ether oxygens (including phenoxy) is 1. The maximum absolute atomic E-state index is 5.72. The SMILES string of the molecule is CCCCc1ccc(OCc2nc(CCl)cs2)cc1. The van der Waals surface area contributed by atoms with Crippen molar-refractivity contribution in [3.05, 3.63) is 45.9 Å². The highest BCUT2D eigenvalue weighted by molar-refractivity contribution is 7.09. The Labute approximate surface area is 123 Å². The van der Waals surface area contributed by atoms with Crippen LogP contribution >= 0.6 is 22.9 Å². The van der Waals surface area contributed by atoms with Crippen molar-refractivity contribution in [3.63, 3.8) is 0 Å². The van der Waals surface area contributed by atoms with Crippen LogP contribution < -0.4 is 4.74 Å². The smallest absolute Gasteiger partial charge is 0.140 e. The minimum atomic E-state index is 0.461. The number of hydrogen-bond donors (Lipinski definition) is 0. The average Bonchev–Trinajstić information content (AvgIpc) is 2.92. The van der Waals surface area contributed by atoms with Crippen LogP contribution in [0.15, 0.2) is 29.6 Å². The number of benzene rings is 1. The summed E-state index contributed by atoms with van der Waals surface area (Å²) in [4.78, 5) is 4.36. The first-order chi connectivity index (χ1) is 9.31. The lowest BCUT2D eigenvalue weighted by atomic mass is 10.1. The fraction of sp³-hybridized carbons (Fsp3) is 0.400. The van der Waals surface area contributed by atoms with E-state index in [2.05, 4.69) is 24.0 Å². The summed E-state index contributed by atoms with van der Waals surface area (Å²) < 4.78 is 5.71. The fourth-order valence-electron chi connectivity index (χ4n) is 1.75. The first-order valence-corrected chi connectivity index (χ1v) is 7.94. The molecule has 0 amide bonds. The molecule has 0 radical (unpaired) electrons. The predicted octanol–water partition coefficient (Wildman–Crippen LogP) is 4.80. The molecule has 1 aromatic carbocycles. The van der Waals surface area contributed by atoms with Gasteiger partial charge in [0, 0.05) is 5.38 Å². The highest BCUT2D eigenvalue weighted by Gasteiger charge is 2.02. The molecular weight excluding hydrogens is 278 g/mol. The quantitative estimate of drug-likeness (QED) is 0.684. The molecule has 0 spiro atoms. The van der Waals surface area contributed by atoms with E-state index in [0.29, 0.717) is 12.5 Å². The van der Waals surface area contributed by atoms with Gasteiger partial charge >= 0.3 is 0 Å². The summed E-state index contributed by atoms with van der Waals surface area (Å²) in [5, 5.41) is 2.94. The first-order valence-electron chi connectivity index (χ1n) is 6.52. The van der Waals surface area contributed by atoms with Gasteiger partial charge in [0.1, 0.15) is 17.4 Å². The molecule has 0 atom stereocenters. The summed E-state index contributed by atoms with van der Waals surface area (Å²) in [5.41, 5.74) is 2.29. The zero-order valence-electron chi connectivity index (χ0n) is 11.1. The highest BCUT2D eigenvalue weighted by Crippen LogP contribution is 2.17. The number of alkyl halides is 1. The van der Waals surface area contributed by atoms with Gasteiger partial charge in [0.15, 0.2) is 0 Å². The molecule has 0 N–H and O–H groups in total. The summed E-state index contributed by atoms with van der Waals surface area (Å²) in [6, 6.07) is 8.33. The molecule has 2 rings (SSSR count). The topological polar surface area (TPSA) is 22.1 Å².